The van der Waals surface area contributed by atoms with E-state index < -0.39 is 0 Å². The SMILES string of the molecule is CCc1ccc(CN(C)CC(=O)NC(C)c2cc3ccccc3o2)cc1. The first-order valence-electron chi connectivity index (χ1n) is 9.09. The molecule has 1 atom stereocenters. The molecule has 3 aromatic rings. The number of carbonyl (C=O) groups is 1. The molecule has 2 aromatic carbocycles. The number of fused-ring (bicyclic) bond motifs is 1. The van der Waals surface area contributed by atoms with Gasteiger partial charge in [0.25, 0.3) is 0 Å². The van der Waals surface area contributed by atoms with Gasteiger partial charge in [-0.25, -0.2) is 0 Å². The van der Waals surface area contributed by atoms with Crippen molar-refractivity contribution >= 4 is 16.9 Å². The third-order valence-electron chi connectivity index (χ3n) is 4.55. The molecule has 1 N–H and O–H groups in total. The first kappa shape index (κ1) is 18.2. The molecule has 1 amide bonds. The molecule has 0 spiro atoms. The number of amides is 1. The Morgan fingerprint density at radius 3 is 2.50 bits per heavy atom. The molecule has 0 saturated heterocycles. The van der Waals surface area contributed by atoms with E-state index in [4.69, 9.17) is 4.42 Å². The van der Waals surface area contributed by atoms with E-state index in [1.54, 1.807) is 0 Å². The van der Waals surface area contributed by atoms with E-state index in [2.05, 4.69) is 36.5 Å². The normalized spacial score (nSPS) is 12.5. The van der Waals surface area contributed by atoms with Crippen LogP contribution in [0.15, 0.2) is 59.0 Å². The zero-order chi connectivity index (χ0) is 18.5. The molecular formula is C22H26N2O2. The standard InChI is InChI=1S/C22H26N2O2/c1-4-17-9-11-18(12-10-17)14-24(3)15-22(25)23-16(2)21-13-19-7-5-6-8-20(19)26-21/h5-13,16H,4,14-15H2,1-3H3,(H,23,25). The minimum absolute atomic E-state index is 0.00867. The van der Waals surface area contributed by atoms with Crippen molar-refractivity contribution in [3.05, 3.63) is 71.5 Å². The van der Waals surface area contributed by atoms with Gasteiger partial charge in [0, 0.05) is 11.9 Å². The van der Waals surface area contributed by atoms with Crippen molar-refractivity contribution in [1.29, 1.82) is 0 Å². The first-order valence-corrected chi connectivity index (χ1v) is 9.09. The van der Waals surface area contributed by atoms with Crippen LogP contribution in [0, 0.1) is 0 Å². The number of hydrogen-bond donors (Lipinski definition) is 1. The molecule has 3 rings (SSSR count). The van der Waals surface area contributed by atoms with Crippen molar-refractivity contribution in [3.63, 3.8) is 0 Å². The second-order valence-electron chi connectivity index (χ2n) is 6.82. The zero-order valence-corrected chi connectivity index (χ0v) is 15.7. The number of furan rings is 1. The molecule has 0 saturated carbocycles. The van der Waals surface area contributed by atoms with E-state index >= 15 is 0 Å². The molecule has 0 aliphatic heterocycles. The molecule has 4 nitrogen and oxygen atoms in total. The Labute approximate surface area is 154 Å². The fraction of sp³-hybridized carbons (Fsp3) is 0.318. The highest BCUT2D eigenvalue weighted by atomic mass is 16.3. The third-order valence-corrected chi connectivity index (χ3v) is 4.55. The second-order valence-corrected chi connectivity index (χ2v) is 6.82. The minimum atomic E-state index is -0.160. The number of rotatable bonds is 7. The lowest BCUT2D eigenvalue weighted by molar-refractivity contribution is -0.122. The van der Waals surface area contributed by atoms with Gasteiger partial charge in [-0.15, -0.1) is 0 Å². The third kappa shape index (κ3) is 4.52. The lowest BCUT2D eigenvalue weighted by atomic mass is 10.1. The highest BCUT2D eigenvalue weighted by Gasteiger charge is 2.15. The van der Waals surface area contributed by atoms with Gasteiger partial charge >= 0.3 is 0 Å². The molecule has 1 unspecified atom stereocenters. The summed E-state index contributed by atoms with van der Waals surface area (Å²) < 4.78 is 5.82. The lowest BCUT2D eigenvalue weighted by Crippen LogP contribution is -2.36. The molecule has 1 heterocycles. The second kappa shape index (κ2) is 8.19. The monoisotopic (exact) mass is 350 g/mol. The van der Waals surface area contributed by atoms with Gasteiger partial charge in [-0.1, -0.05) is 49.4 Å². The van der Waals surface area contributed by atoms with Crippen LogP contribution in [0.2, 0.25) is 0 Å². The summed E-state index contributed by atoms with van der Waals surface area (Å²) in [7, 11) is 1.96. The van der Waals surface area contributed by atoms with Crippen LogP contribution in [0.5, 0.6) is 0 Å². The maximum absolute atomic E-state index is 12.3. The number of nitrogens with one attached hydrogen (secondary N) is 1. The average Bonchev–Trinajstić information content (AvgIpc) is 3.06. The number of aryl methyl sites for hydroxylation is 1. The van der Waals surface area contributed by atoms with Gasteiger partial charge in [0.2, 0.25) is 5.91 Å². The van der Waals surface area contributed by atoms with E-state index in [1.165, 1.54) is 11.1 Å². The van der Waals surface area contributed by atoms with E-state index in [9.17, 15) is 4.79 Å². The molecule has 26 heavy (non-hydrogen) atoms. The van der Waals surface area contributed by atoms with Crippen molar-refractivity contribution in [1.82, 2.24) is 10.2 Å². The molecule has 0 radical (unpaired) electrons. The van der Waals surface area contributed by atoms with Crippen LogP contribution in [0.1, 0.15) is 36.8 Å². The smallest absolute Gasteiger partial charge is 0.234 e. The summed E-state index contributed by atoms with van der Waals surface area (Å²) >= 11 is 0. The minimum Gasteiger partial charge on any atom is -0.459 e. The summed E-state index contributed by atoms with van der Waals surface area (Å²) in [6.45, 7) is 5.18. The van der Waals surface area contributed by atoms with Crippen molar-refractivity contribution in [2.75, 3.05) is 13.6 Å². The van der Waals surface area contributed by atoms with Crippen molar-refractivity contribution in [3.8, 4) is 0 Å². The molecular weight excluding hydrogens is 324 g/mol. The number of benzene rings is 2. The first-order chi connectivity index (χ1) is 12.5. The van der Waals surface area contributed by atoms with E-state index in [-0.39, 0.29) is 11.9 Å². The number of para-hydroxylation sites is 1. The van der Waals surface area contributed by atoms with Gasteiger partial charge < -0.3 is 9.73 Å². The van der Waals surface area contributed by atoms with Gasteiger partial charge in [0.1, 0.15) is 11.3 Å². The number of hydrogen-bond acceptors (Lipinski definition) is 3. The largest absolute Gasteiger partial charge is 0.459 e. The zero-order valence-electron chi connectivity index (χ0n) is 15.7. The Hall–Kier alpha value is -2.59. The van der Waals surface area contributed by atoms with Gasteiger partial charge in [-0.3, -0.25) is 9.69 Å². The van der Waals surface area contributed by atoms with Crippen molar-refractivity contribution in [2.45, 2.75) is 32.9 Å². The quantitative estimate of drug-likeness (QED) is 0.691. The fourth-order valence-corrected chi connectivity index (χ4v) is 3.07. The molecule has 136 valence electrons. The molecule has 0 aliphatic rings. The van der Waals surface area contributed by atoms with Crippen molar-refractivity contribution < 1.29 is 9.21 Å². The summed E-state index contributed by atoms with van der Waals surface area (Å²) in [5.41, 5.74) is 3.38. The molecule has 0 aliphatic carbocycles. The van der Waals surface area contributed by atoms with Crippen LogP contribution in [0.25, 0.3) is 11.0 Å². The van der Waals surface area contributed by atoms with Crippen LogP contribution < -0.4 is 5.32 Å². The van der Waals surface area contributed by atoms with Gasteiger partial charge in [-0.05, 0) is 43.7 Å². The lowest BCUT2D eigenvalue weighted by Gasteiger charge is -2.18. The highest BCUT2D eigenvalue weighted by molar-refractivity contribution is 5.80. The average molecular weight is 350 g/mol. The Morgan fingerprint density at radius 2 is 1.81 bits per heavy atom. The summed E-state index contributed by atoms with van der Waals surface area (Å²) in [4.78, 5) is 14.4. The van der Waals surface area contributed by atoms with E-state index in [0.717, 1.165) is 29.7 Å². The van der Waals surface area contributed by atoms with Crippen LogP contribution >= 0.6 is 0 Å². The topological polar surface area (TPSA) is 45.5 Å². The van der Waals surface area contributed by atoms with Gasteiger partial charge in [0.05, 0.1) is 12.6 Å². The predicted octanol–water partition coefficient (Wildman–Crippen LogP) is 4.30. The van der Waals surface area contributed by atoms with Gasteiger partial charge in [-0.2, -0.15) is 0 Å². The van der Waals surface area contributed by atoms with Crippen LogP contribution in [0.4, 0.5) is 0 Å². The Bertz CT molecular complexity index is 834. The van der Waals surface area contributed by atoms with Crippen molar-refractivity contribution in [2.24, 2.45) is 0 Å². The Balaban J connectivity index is 1.53. The number of carbonyl (C=O) groups excluding carboxylic acids is 1. The highest BCUT2D eigenvalue weighted by Crippen LogP contribution is 2.23. The number of nitrogens with zero attached hydrogens (tertiary/aromatic N) is 1. The fourth-order valence-electron chi connectivity index (χ4n) is 3.07. The van der Waals surface area contributed by atoms with E-state index in [0.29, 0.717) is 6.54 Å². The molecule has 1 aromatic heterocycles. The molecule has 4 heteroatoms. The number of likely N-dealkylation sites (N-methyl/N-ethyl adjacent to an activating group) is 1. The Kier molecular flexibility index (Phi) is 5.74. The summed E-state index contributed by atoms with van der Waals surface area (Å²) in [5, 5.41) is 4.07. The maximum Gasteiger partial charge on any atom is 0.234 e. The summed E-state index contributed by atoms with van der Waals surface area (Å²) in [6.07, 6.45) is 1.04. The predicted molar refractivity (Wildman–Crippen MR) is 105 cm³/mol. The van der Waals surface area contributed by atoms with Crippen LogP contribution in [-0.2, 0) is 17.8 Å². The Morgan fingerprint density at radius 1 is 1.12 bits per heavy atom. The maximum atomic E-state index is 12.3. The van der Waals surface area contributed by atoms with E-state index in [1.807, 2.05) is 49.2 Å². The summed E-state index contributed by atoms with van der Waals surface area (Å²) in [6, 6.07) is 18.2. The van der Waals surface area contributed by atoms with Gasteiger partial charge in [0.15, 0.2) is 0 Å². The molecule has 0 fully saturated rings. The van der Waals surface area contributed by atoms with Crippen LogP contribution in [-0.4, -0.2) is 24.4 Å². The van der Waals surface area contributed by atoms with Crippen LogP contribution in [0.3, 0.4) is 0 Å². The summed E-state index contributed by atoms with van der Waals surface area (Å²) in [5.74, 6) is 0.767. The molecule has 0 bridgehead atoms.